The monoisotopic (exact) mass is 222 g/mol. The SMILES string of the molecule is CC(C)C(CNc1ncncc1N)C(C)C. The predicted octanol–water partition coefficient (Wildman–Crippen LogP) is 2.40. The molecule has 0 radical (unpaired) electrons. The van der Waals surface area contributed by atoms with E-state index in [9.17, 15) is 0 Å². The lowest BCUT2D eigenvalue weighted by Crippen LogP contribution is -2.25. The zero-order chi connectivity index (χ0) is 12.1. The van der Waals surface area contributed by atoms with Crippen LogP contribution in [0.25, 0.3) is 0 Å². The van der Waals surface area contributed by atoms with Crippen LogP contribution in [0.3, 0.4) is 0 Å². The molecule has 0 atom stereocenters. The molecule has 0 spiro atoms. The lowest BCUT2D eigenvalue weighted by atomic mass is 9.85. The molecule has 0 aliphatic heterocycles. The van der Waals surface area contributed by atoms with Gasteiger partial charge in [0.05, 0.1) is 11.9 Å². The highest BCUT2D eigenvalue weighted by Gasteiger charge is 2.17. The summed E-state index contributed by atoms with van der Waals surface area (Å²) in [5.41, 5.74) is 6.38. The van der Waals surface area contributed by atoms with Gasteiger partial charge in [-0.15, -0.1) is 0 Å². The molecule has 1 aromatic heterocycles. The van der Waals surface area contributed by atoms with E-state index < -0.39 is 0 Å². The number of rotatable bonds is 5. The average Bonchev–Trinajstić information content (AvgIpc) is 2.20. The Bertz CT molecular complexity index is 315. The normalized spacial score (nSPS) is 11.4. The smallest absolute Gasteiger partial charge is 0.152 e. The zero-order valence-corrected chi connectivity index (χ0v) is 10.6. The number of anilines is 2. The van der Waals surface area contributed by atoms with Gasteiger partial charge in [-0.1, -0.05) is 27.7 Å². The molecule has 0 saturated heterocycles. The van der Waals surface area contributed by atoms with E-state index in [1.807, 2.05) is 0 Å². The second-order valence-electron chi connectivity index (χ2n) is 4.86. The van der Waals surface area contributed by atoms with Crippen molar-refractivity contribution in [1.82, 2.24) is 9.97 Å². The number of nitrogens with two attached hydrogens (primary N) is 1. The lowest BCUT2D eigenvalue weighted by molar-refractivity contribution is 0.304. The Hall–Kier alpha value is -1.32. The van der Waals surface area contributed by atoms with Crippen molar-refractivity contribution in [2.75, 3.05) is 17.6 Å². The summed E-state index contributed by atoms with van der Waals surface area (Å²) >= 11 is 0. The van der Waals surface area contributed by atoms with E-state index in [-0.39, 0.29) is 0 Å². The van der Waals surface area contributed by atoms with E-state index in [0.717, 1.165) is 12.4 Å². The first kappa shape index (κ1) is 12.7. The fourth-order valence-corrected chi connectivity index (χ4v) is 1.94. The topological polar surface area (TPSA) is 63.8 Å². The molecule has 4 heteroatoms. The van der Waals surface area contributed by atoms with Gasteiger partial charge in [-0.25, -0.2) is 9.97 Å². The van der Waals surface area contributed by atoms with Crippen LogP contribution in [-0.4, -0.2) is 16.5 Å². The predicted molar refractivity (Wildman–Crippen MR) is 68.1 cm³/mol. The molecule has 16 heavy (non-hydrogen) atoms. The van der Waals surface area contributed by atoms with Crippen LogP contribution in [0.2, 0.25) is 0 Å². The summed E-state index contributed by atoms with van der Waals surface area (Å²) in [6.07, 6.45) is 3.13. The summed E-state index contributed by atoms with van der Waals surface area (Å²) in [7, 11) is 0. The summed E-state index contributed by atoms with van der Waals surface area (Å²) in [6.45, 7) is 9.88. The first-order valence-electron chi connectivity index (χ1n) is 5.81. The molecule has 3 N–H and O–H groups in total. The molecule has 1 heterocycles. The van der Waals surface area contributed by atoms with Crippen molar-refractivity contribution >= 4 is 11.5 Å². The van der Waals surface area contributed by atoms with Crippen molar-refractivity contribution < 1.29 is 0 Å². The minimum Gasteiger partial charge on any atom is -0.394 e. The van der Waals surface area contributed by atoms with Gasteiger partial charge in [0, 0.05) is 6.54 Å². The minimum absolute atomic E-state index is 0.605. The van der Waals surface area contributed by atoms with Gasteiger partial charge in [0.25, 0.3) is 0 Å². The zero-order valence-electron chi connectivity index (χ0n) is 10.6. The molecule has 0 aliphatic rings. The van der Waals surface area contributed by atoms with E-state index in [1.165, 1.54) is 6.33 Å². The molecule has 0 saturated carbocycles. The molecule has 90 valence electrons. The van der Waals surface area contributed by atoms with Crippen molar-refractivity contribution in [1.29, 1.82) is 0 Å². The minimum atomic E-state index is 0.605. The van der Waals surface area contributed by atoms with Crippen LogP contribution in [0.4, 0.5) is 11.5 Å². The third-order valence-electron chi connectivity index (χ3n) is 2.96. The first-order valence-corrected chi connectivity index (χ1v) is 5.81. The second kappa shape index (κ2) is 5.68. The molecule has 0 bridgehead atoms. The highest BCUT2D eigenvalue weighted by atomic mass is 15.0. The van der Waals surface area contributed by atoms with Crippen LogP contribution in [0.15, 0.2) is 12.5 Å². The number of nitrogen functional groups attached to an aromatic ring is 1. The van der Waals surface area contributed by atoms with Gasteiger partial charge >= 0.3 is 0 Å². The van der Waals surface area contributed by atoms with Gasteiger partial charge in [0.1, 0.15) is 6.33 Å². The maximum atomic E-state index is 5.77. The number of hydrogen-bond donors (Lipinski definition) is 2. The number of aromatic nitrogens is 2. The highest BCUT2D eigenvalue weighted by molar-refractivity contribution is 5.58. The number of nitrogens with zero attached hydrogens (tertiary/aromatic N) is 2. The molecular weight excluding hydrogens is 200 g/mol. The van der Waals surface area contributed by atoms with E-state index in [4.69, 9.17) is 5.73 Å². The van der Waals surface area contributed by atoms with Crippen LogP contribution >= 0.6 is 0 Å². The van der Waals surface area contributed by atoms with Gasteiger partial charge in [0.2, 0.25) is 0 Å². The molecule has 0 amide bonds. The number of hydrogen-bond acceptors (Lipinski definition) is 4. The van der Waals surface area contributed by atoms with E-state index in [2.05, 4.69) is 43.0 Å². The third-order valence-corrected chi connectivity index (χ3v) is 2.96. The van der Waals surface area contributed by atoms with Crippen molar-refractivity contribution in [3.05, 3.63) is 12.5 Å². The first-order chi connectivity index (χ1) is 7.52. The summed E-state index contributed by atoms with van der Waals surface area (Å²) in [5.74, 6) is 2.65. The average molecular weight is 222 g/mol. The van der Waals surface area contributed by atoms with Crippen LogP contribution in [-0.2, 0) is 0 Å². The van der Waals surface area contributed by atoms with E-state index in [1.54, 1.807) is 6.20 Å². The molecule has 1 rings (SSSR count). The van der Waals surface area contributed by atoms with Gasteiger partial charge < -0.3 is 11.1 Å². The molecule has 0 aliphatic carbocycles. The molecule has 0 unspecified atom stereocenters. The van der Waals surface area contributed by atoms with Crippen molar-refractivity contribution in [3.63, 3.8) is 0 Å². The molecular formula is C12H22N4. The van der Waals surface area contributed by atoms with Crippen molar-refractivity contribution in [2.45, 2.75) is 27.7 Å². The molecule has 4 nitrogen and oxygen atoms in total. The summed E-state index contributed by atoms with van der Waals surface area (Å²) in [6, 6.07) is 0. The van der Waals surface area contributed by atoms with Gasteiger partial charge in [-0.3, -0.25) is 0 Å². The Morgan fingerprint density at radius 1 is 1.25 bits per heavy atom. The maximum absolute atomic E-state index is 5.77. The summed E-state index contributed by atoms with van der Waals surface area (Å²) in [4.78, 5) is 7.99. The fraction of sp³-hybridized carbons (Fsp3) is 0.667. The summed E-state index contributed by atoms with van der Waals surface area (Å²) in [5, 5.41) is 3.30. The highest BCUT2D eigenvalue weighted by Crippen LogP contribution is 2.21. The van der Waals surface area contributed by atoms with Crippen LogP contribution in [0.1, 0.15) is 27.7 Å². The quantitative estimate of drug-likeness (QED) is 0.803. The van der Waals surface area contributed by atoms with Crippen LogP contribution in [0, 0.1) is 17.8 Å². The Balaban J connectivity index is 2.59. The van der Waals surface area contributed by atoms with Gasteiger partial charge in [-0.05, 0) is 17.8 Å². The third kappa shape index (κ3) is 3.36. The lowest BCUT2D eigenvalue weighted by Gasteiger charge is -2.25. The standard InChI is InChI=1S/C12H22N4/c1-8(2)10(9(3)4)5-15-12-11(13)6-14-7-16-12/h6-10H,5,13H2,1-4H3,(H,14,15,16). The molecule has 0 aromatic carbocycles. The molecule has 1 aromatic rings. The van der Waals surface area contributed by atoms with Crippen LogP contribution < -0.4 is 11.1 Å². The van der Waals surface area contributed by atoms with Crippen molar-refractivity contribution in [3.8, 4) is 0 Å². The van der Waals surface area contributed by atoms with E-state index >= 15 is 0 Å². The van der Waals surface area contributed by atoms with Gasteiger partial charge in [-0.2, -0.15) is 0 Å². The maximum Gasteiger partial charge on any atom is 0.152 e. The van der Waals surface area contributed by atoms with Gasteiger partial charge in [0.15, 0.2) is 5.82 Å². The van der Waals surface area contributed by atoms with E-state index in [0.29, 0.717) is 23.4 Å². The number of nitrogens with one attached hydrogen (secondary N) is 1. The van der Waals surface area contributed by atoms with Crippen molar-refractivity contribution in [2.24, 2.45) is 17.8 Å². The Kier molecular flexibility index (Phi) is 4.52. The largest absolute Gasteiger partial charge is 0.394 e. The Morgan fingerprint density at radius 2 is 1.88 bits per heavy atom. The molecule has 0 fully saturated rings. The second-order valence-corrected chi connectivity index (χ2v) is 4.86. The Labute approximate surface area is 97.7 Å². The fourth-order valence-electron chi connectivity index (χ4n) is 1.94. The Morgan fingerprint density at radius 3 is 2.38 bits per heavy atom. The van der Waals surface area contributed by atoms with Crippen LogP contribution in [0.5, 0.6) is 0 Å². The summed E-state index contributed by atoms with van der Waals surface area (Å²) < 4.78 is 0.